The van der Waals surface area contributed by atoms with E-state index in [-0.39, 0.29) is 17.4 Å². The van der Waals surface area contributed by atoms with Gasteiger partial charge in [0.05, 0.1) is 21.8 Å². The summed E-state index contributed by atoms with van der Waals surface area (Å²) in [5.41, 5.74) is 2.37. The van der Waals surface area contributed by atoms with Gasteiger partial charge in [-0.05, 0) is 36.6 Å². The summed E-state index contributed by atoms with van der Waals surface area (Å²) >= 11 is 6.06. The van der Waals surface area contributed by atoms with Crippen molar-refractivity contribution in [2.75, 3.05) is 11.9 Å². The molecule has 0 saturated heterocycles. The van der Waals surface area contributed by atoms with E-state index in [1.165, 1.54) is 24.0 Å². The van der Waals surface area contributed by atoms with Gasteiger partial charge >= 0.3 is 0 Å². The monoisotopic (exact) mass is 393 g/mol. The maximum Gasteiger partial charge on any atom is 0.257 e. The minimum atomic E-state index is -0.376. The molecule has 2 N–H and O–H groups in total. The Morgan fingerprint density at radius 1 is 0.893 bits per heavy atom. The van der Waals surface area contributed by atoms with Crippen molar-refractivity contribution >= 4 is 29.1 Å². The number of carbonyl (C=O) groups excluding carboxylic acids is 2. The standard InChI is InChI=1S/C22H20ClN3O2/c23-19-10-4-5-11-20(19)26-22(28)18-13-17(14-24-15-18)21(27)25-12-6-9-16-7-2-1-3-8-16/h1-5,7-8,10-11,13-15H,6,9,12H2,(H,25,27)(H,26,28). The molecule has 0 spiro atoms. The van der Waals surface area contributed by atoms with E-state index in [9.17, 15) is 9.59 Å². The molecule has 0 aliphatic carbocycles. The summed E-state index contributed by atoms with van der Waals surface area (Å²) in [6.07, 6.45) is 4.58. The van der Waals surface area contributed by atoms with E-state index in [0.717, 1.165) is 12.8 Å². The molecule has 0 aliphatic rings. The summed E-state index contributed by atoms with van der Waals surface area (Å²) in [5.74, 6) is -0.632. The normalized spacial score (nSPS) is 10.3. The Bertz CT molecular complexity index is 961. The number of pyridine rings is 1. The zero-order valence-electron chi connectivity index (χ0n) is 15.2. The quantitative estimate of drug-likeness (QED) is 0.586. The van der Waals surface area contributed by atoms with E-state index in [1.807, 2.05) is 18.2 Å². The van der Waals surface area contributed by atoms with E-state index >= 15 is 0 Å². The molecule has 0 saturated carbocycles. The Morgan fingerprint density at radius 3 is 2.32 bits per heavy atom. The third kappa shape index (κ3) is 5.41. The van der Waals surface area contributed by atoms with Gasteiger partial charge in [-0.15, -0.1) is 0 Å². The van der Waals surface area contributed by atoms with Gasteiger partial charge in [0.25, 0.3) is 11.8 Å². The molecule has 1 aromatic heterocycles. The van der Waals surface area contributed by atoms with Crippen LogP contribution in [-0.2, 0) is 6.42 Å². The number of anilines is 1. The number of hydrogen-bond acceptors (Lipinski definition) is 3. The predicted molar refractivity (Wildman–Crippen MR) is 111 cm³/mol. The first-order chi connectivity index (χ1) is 13.6. The lowest BCUT2D eigenvalue weighted by atomic mass is 10.1. The zero-order valence-corrected chi connectivity index (χ0v) is 15.9. The smallest absolute Gasteiger partial charge is 0.257 e. The molecule has 3 rings (SSSR count). The number of rotatable bonds is 7. The Labute approximate surface area is 168 Å². The number of nitrogens with zero attached hydrogens (tertiary/aromatic N) is 1. The fraction of sp³-hybridized carbons (Fsp3) is 0.136. The Kier molecular flexibility index (Phi) is 6.76. The van der Waals surface area contributed by atoms with Crippen LogP contribution in [0.2, 0.25) is 5.02 Å². The largest absolute Gasteiger partial charge is 0.352 e. The van der Waals surface area contributed by atoms with Gasteiger partial charge in [0.15, 0.2) is 0 Å². The van der Waals surface area contributed by atoms with Crippen LogP contribution in [0.1, 0.15) is 32.7 Å². The van der Waals surface area contributed by atoms with Gasteiger partial charge < -0.3 is 10.6 Å². The maximum atomic E-state index is 12.4. The number of nitrogens with one attached hydrogen (secondary N) is 2. The van der Waals surface area contributed by atoms with Crippen molar-refractivity contribution in [3.05, 3.63) is 94.8 Å². The van der Waals surface area contributed by atoms with Gasteiger partial charge in [-0.3, -0.25) is 14.6 Å². The SMILES string of the molecule is O=C(NCCCc1ccccc1)c1cncc(C(=O)Nc2ccccc2Cl)c1. The second-order valence-corrected chi connectivity index (χ2v) is 6.65. The molecule has 1 heterocycles. The third-order valence-corrected chi connectivity index (χ3v) is 4.48. The predicted octanol–water partition coefficient (Wildman–Crippen LogP) is 4.35. The summed E-state index contributed by atoms with van der Waals surface area (Å²) < 4.78 is 0. The summed E-state index contributed by atoms with van der Waals surface area (Å²) in [6.45, 7) is 0.545. The van der Waals surface area contributed by atoms with E-state index in [4.69, 9.17) is 11.6 Å². The molecule has 0 radical (unpaired) electrons. The van der Waals surface area contributed by atoms with Crippen LogP contribution in [0.4, 0.5) is 5.69 Å². The lowest BCUT2D eigenvalue weighted by Gasteiger charge is -2.08. The highest BCUT2D eigenvalue weighted by molar-refractivity contribution is 6.33. The van der Waals surface area contributed by atoms with Crippen molar-refractivity contribution in [2.45, 2.75) is 12.8 Å². The molecule has 2 aromatic carbocycles. The van der Waals surface area contributed by atoms with Crippen LogP contribution in [0.3, 0.4) is 0 Å². The summed E-state index contributed by atoms with van der Waals surface area (Å²) in [5, 5.41) is 6.02. The molecule has 0 bridgehead atoms. The number of benzene rings is 2. The molecule has 0 aliphatic heterocycles. The number of aryl methyl sites for hydroxylation is 1. The molecule has 6 heteroatoms. The highest BCUT2D eigenvalue weighted by atomic mass is 35.5. The number of carbonyl (C=O) groups is 2. The van der Waals surface area contributed by atoms with Crippen LogP contribution < -0.4 is 10.6 Å². The third-order valence-electron chi connectivity index (χ3n) is 4.16. The van der Waals surface area contributed by atoms with Crippen molar-refractivity contribution in [3.8, 4) is 0 Å². The fourth-order valence-corrected chi connectivity index (χ4v) is 2.87. The minimum Gasteiger partial charge on any atom is -0.352 e. The molecule has 2 amide bonds. The Balaban J connectivity index is 1.55. The second kappa shape index (κ2) is 9.67. The number of para-hydroxylation sites is 1. The van der Waals surface area contributed by atoms with Gasteiger partial charge in [-0.2, -0.15) is 0 Å². The van der Waals surface area contributed by atoms with Crippen molar-refractivity contribution in [2.24, 2.45) is 0 Å². The van der Waals surface area contributed by atoms with Crippen LogP contribution in [0.5, 0.6) is 0 Å². The van der Waals surface area contributed by atoms with Gasteiger partial charge in [0.1, 0.15) is 0 Å². The zero-order chi connectivity index (χ0) is 19.8. The molecular formula is C22H20ClN3O2. The molecule has 142 valence electrons. The summed E-state index contributed by atoms with van der Waals surface area (Å²) in [6, 6.07) is 18.6. The van der Waals surface area contributed by atoms with Crippen LogP contribution in [-0.4, -0.2) is 23.3 Å². The number of hydrogen-bond donors (Lipinski definition) is 2. The van der Waals surface area contributed by atoms with Crippen molar-refractivity contribution in [1.29, 1.82) is 0 Å². The Morgan fingerprint density at radius 2 is 1.57 bits per heavy atom. The fourth-order valence-electron chi connectivity index (χ4n) is 2.69. The van der Waals surface area contributed by atoms with E-state index in [1.54, 1.807) is 24.3 Å². The van der Waals surface area contributed by atoms with Gasteiger partial charge in [-0.1, -0.05) is 54.1 Å². The lowest BCUT2D eigenvalue weighted by Crippen LogP contribution is -2.25. The average molecular weight is 394 g/mol. The van der Waals surface area contributed by atoms with Crippen molar-refractivity contribution < 1.29 is 9.59 Å². The molecule has 28 heavy (non-hydrogen) atoms. The van der Waals surface area contributed by atoms with Crippen LogP contribution >= 0.6 is 11.6 Å². The summed E-state index contributed by atoms with van der Waals surface area (Å²) in [7, 11) is 0. The number of aromatic nitrogens is 1. The van der Waals surface area contributed by atoms with E-state index in [2.05, 4.69) is 27.8 Å². The average Bonchev–Trinajstić information content (AvgIpc) is 2.73. The first-order valence-electron chi connectivity index (χ1n) is 8.96. The highest BCUT2D eigenvalue weighted by Gasteiger charge is 2.12. The molecule has 0 fully saturated rings. The Hall–Kier alpha value is -3.18. The summed E-state index contributed by atoms with van der Waals surface area (Å²) in [4.78, 5) is 28.8. The first-order valence-corrected chi connectivity index (χ1v) is 9.34. The molecule has 0 atom stereocenters. The van der Waals surface area contributed by atoms with Crippen LogP contribution in [0, 0.1) is 0 Å². The topological polar surface area (TPSA) is 71.1 Å². The van der Waals surface area contributed by atoms with Gasteiger partial charge in [0.2, 0.25) is 0 Å². The van der Waals surface area contributed by atoms with E-state index < -0.39 is 0 Å². The minimum absolute atomic E-state index is 0.257. The van der Waals surface area contributed by atoms with Crippen LogP contribution in [0.15, 0.2) is 73.1 Å². The van der Waals surface area contributed by atoms with Gasteiger partial charge in [-0.25, -0.2) is 0 Å². The number of halogens is 1. The molecule has 0 unspecified atom stereocenters. The second-order valence-electron chi connectivity index (χ2n) is 6.24. The first kappa shape index (κ1) is 19.6. The van der Waals surface area contributed by atoms with Gasteiger partial charge in [0, 0.05) is 18.9 Å². The highest BCUT2D eigenvalue weighted by Crippen LogP contribution is 2.21. The van der Waals surface area contributed by atoms with E-state index in [0.29, 0.717) is 22.8 Å². The maximum absolute atomic E-state index is 12.4. The molecule has 3 aromatic rings. The molecular weight excluding hydrogens is 374 g/mol. The van der Waals surface area contributed by atoms with Crippen LogP contribution in [0.25, 0.3) is 0 Å². The van der Waals surface area contributed by atoms with Crippen molar-refractivity contribution in [1.82, 2.24) is 10.3 Å². The number of amides is 2. The molecule has 5 nitrogen and oxygen atoms in total. The lowest BCUT2D eigenvalue weighted by molar-refractivity contribution is 0.0953. The van der Waals surface area contributed by atoms with Crippen molar-refractivity contribution in [3.63, 3.8) is 0 Å².